The number of halogens is 1. The Hall–Kier alpha value is -1.45. The van der Waals surface area contributed by atoms with E-state index in [1.807, 2.05) is 20.8 Å². The van der Waals surface area contributed by atoms with Crippen LogP contribution in [0, 0.1) is 11.8 Å². The van der Waals surface area contributed by atoms with Crippen LogP contribution in [-0.4, -0.2) is 85.6 Å². The lowest BCUT2D eigenvalue weighted by atomic mass is 9.70. The minimum absolute atomic E-state index is 0.143. The summed E-state index contributed by atoms with van der Waals surface area (Å²) in [6, 6.07) is -1.70. The molecule has 162 valence electrons. The summed E-state index contributed by atoms with van der Waals surface area (Å²) in [5.41, 5.74) is -1.22. The smallest absolute Gasteiger partial charge is 0.310 e. The number of carbonyl (C=O) groups is 3. The van der Waals surface area contributed by atoms with E-state index in [2.05, 4.69) is 22.5 Å². The van der Waals surface area contributed by atoms with Crippen LogP contribution in [-0.2, 0) is 19.1 Å². The number of aliphatic hydroxyl groups excluding tert-OH is 1. The van der Waals surface area contributed by atoms with Gasteiger partial charge in [-0.1, -0.05) is 28.9 Å². The van der Waals surface area contributed by atoms with E-state index in [1.165, 1.54) is 4.90 Å². The fraction of sp³-hybridized carbons (Fsp3) is 0.750. The predicted molar refractivity (Wildman–Crippen MR) is 108 cm³/mol. The van der Waals surface area contributed by atoms with Crippen molar-refractivity contribution in [2.75, 3.05) is 13.2 Å². The molecule has 0 aromatic carbocycles. The second kappa shape index (κ2) is 8.00. The van der Waals surface area contributed by atoms with Gasteiger partial charge in [0.05, 0.1) is 30.6 Å². The lowest BCUT2D eigenvalue weighted by Gasteiger charge is -2.40. The summed E-state index contributed by atoms with van der Waals surface area (Å²) in [5.74, 6) is -3.78. The van der Waals surface area contributed by atoms with E-state index in [0.717, 1.165) is 0 Å². The molecule has 3 heterocycles. The van der Waals surface area contributed by atoms with E-state index in [-0.39, 0.29) is 23.4 Å². The van der Waals surface area contributed by atoms with Gasteiger partial charge in [-0.3, -0.25) is 14.4 Å². The largest absolute Gasteiger partial charge is 0.481 e. The molecule has 3 aliphatic rings. The fourth-order valence-corrected chi connectivity index (χ4v) is 6.23. The normalized spacial score (nSPS) is 36.4. The molecule has 0 aromatic rings. The number of hydrogen-bond donors (Lipinski definition) is 2. The topological polar surface area (TPSA) is 107 Å². The van der Waals surface area contributed by atoms with Crippen molar-refractivity contribution in [2.24, 2.45) is 11.8 Å². The third-order valence-corrected chi connectivity index (χ3v) is 7.40. The van der Waals surface area contributed by atoms with E-state index >= 15 is 0 Å². The number of aliphatic carboxylic acids is 1. The quantitative estimate of drug-likeness (QED) is 0.403. The third kappa shape index (κ3) is 3.13. The summed E-state index contributed by atoms with van der Waals surface area (Å²) < 4.78 is 6.21. The minimum Gasteiger partial charge on any atom is -0.481 e. The summed E-state index contributed by atoms with van der Waals surface area (Å²) >= 11 is 3.51. The molecular weight excluding hydrogens is 444 g/mol. The van der Waals surface area contributed by atoms with Crippen LogP contribution in [0.5, 0.6) is 0 Å². The molecule has 3 aliphatic heterocycles. The Labute approximate surface area is 179 Å². The predicted octanol–water partition coefficient (Wildman–Crippen LogP) is 1.01. The molecule has 2 amide bonds. The van der Waals surface area contributed by atoms with Crippen molar-refractivity contribution < 1.29 is 29.3 Å². The number of alkyl halides is 1. The summed E-state index contributed by atoms with van der Waals surface area (Å²) in [4.78, 5) is 42.0. The van der Waals surface area contributed by atoms with Gasteiger partial charge in [0.1, 0.15) is 11.6 Å². The highest BCUT2D eigenvalue weighted by Gasteiger charge is 2.77. The van der Waals surface area contributed by atoms with Gasteiger partial charge in [-0.05, 0) is 26.7 Å². The Morgan fingerprint density at radius 1 is 1.48 bits per heavy atom. The maximum atomic E-state index is 13.7. The summed E-state index contributed by atoms with van der Waals surface area (Å²) in [7, 11) is 0. The number of amides is 2. The standard InChI is InChI=1S/C20H29BrN2O6/c1-5-7-22(10(3)4)18(26)16-20-8-12(21)15(29-20)13(19(27)28)14(20)17(25)23(16)11(6-2)9-24/h5,10-16,24H,1,6-9H2,2-4H3,(H,27,28)/t11-,12?,13-,14+,15-,16-,20+/m0/s1. The van der Waals surface area contributed by atoms with Crippen molar-refractivity contribution >= 4 is 33.7 Å². The Morgan fingerprint density at radius 2 is 2.14 bits per heavy atom. The average molecular weight is 473 g/mol. The molecule has 2 N–H and O–H groups in total. The van der Waals surface area contributed by atoms with Crippen LogP contribution in [0.2, 0.25) is 0 Å². The number of ether oxygens (including phenoxy) is 1. The zero-order chi connectivity index (χ0) is 21.7. The number of rotatable bonds is 8. The SMILES string of the molecule is C=CCN(C(=O)[C@@H]1N([C@@H](CC)CO)C(=O)[C@H]2[C@H](C(=O)O)[C@H]3O[C@@]12CC3Br)C(C)C. The van der Waals surface area contributed by atoms with Gasteiger partial charge in [0.2, 0.25) is 11.8 Å². The second-order valence-corrected chi connectivity index (χ2v) is 9.54. The Bertz CT molecular complexity index is 711. The van der Waals surface area contributed by atoms with Crippen LogP contribution in [0.4, 0.5) is 0 Å². The summed E-state index contributed by atoms with van der Waals surface area (Å²) in [6.45, 7) is 9.29. The molecule has 3 saturated heterocycles. The van der Waals surface area contributed by atoms with Crippen LogP contribution >= 0.6 is 15.9 Å². The molecule has 8 nitrogen and oxygen atoms in total. The first-order chi connectivity index (χ1) is 13.7. The van der Waals surface area contributed by atoms with Gasteiger partial charge in [0.15, 0.2) is 0 Å². The first-order valence-electron chi connectivity index (χ1n) is 10.0. The number of carbonyl (C=O) groups excluding carboxylic acids is 2. The highest BCUT2D eigenvalue weighted by molar-refractivity contribution is 9.09. The first kappa shape index (κ1) is 22.2. The van der Waals surface area contributed by atoms with E-state index in [9.17, 15) is 24.6 Å². The van der Waals surface area contributed by atoms with E-state index in [4.69, 9.17) is 4.74 Å². The van der Waals surface area contributed by atoms with Crippen molar-refractivity contribution in [2.45, 2.75) is 68.3 Å². The van der Waals surface area contributed by atoms with Gasteiger partial charge in [-0.2, -0.15) is 0 Å². The van der Waals surface area contributed by atoms with Gasteiger partial charge in [0, 0.05) is 17.4 Å². The van der Waals surface area contributed by atoms with Gasteiger partial charge in [-0.15, -0.1) is 6.58 Å². The molecule has 0 aliphatic carbocycles. The monoisotopic (exact) mass is 472 g/mol. The van der Waals surface area contributed by atoms with Crippen LogP contribution < -0.4 is 0 Å². The molecule has 3 fully saturated rings. The van der Waals surface area contributed by atoms with Gasteiger partial charge >= 0.3 is 5.97 Å². The number of aliphatic hydroxyl groups is 1. The number of hydrogen-bond acceptors (Lipinski definition) is 5. The summed E-state index contributed by atoms with van der Waals surface area (Å²) in [6.07, 6.45) is 1.77. The molecule has 7 atom stereocenters. The number of fused-ring (bicyclic) bond motifs is 1. The molecule has 0 aromatic heterocycles. The first-order valence-corrected chi connectivity index (χ1v) is 11.0. The molecule has 1 unspecified atom stereocenters. The van der Waals surface area contributed by atoms with Gasteiger partial charge < -0.3 is 24.7 Å². The highest BCUT2D eigenvalue weighted by atomic mass is 79.9. The van der Waals surface area contributed by atoms with Crippen LogP contribution in [0.25, 0.3) is 0 Å². The molecule has 1 spiro atoms. The zero-order valence-electron chi connectivity index (χ0n) is 17.0. The number of nitrogens with zero attached hydrogens (tertiary/aromatic N) is 2. The molecule has 2 bridgehead atoms. The third-order valence-electron chi connectivity index (χ3n) is 6.55. The van der Waals surface area contributed by atoms with Gasteiger partial charge in [-0.25, -0.2) is 0 Å². The van der Waals surface area contributed by atoms with Crippen LogP contribution in [0.1, 0.15) is 33.6 Å². The zero-order valence-corrected chi connectivity index (χ0v) is 18.5. The lowest BCUT2D eigenvalue weighted by molar-refractivity contribution is -0.154. The van der Waals surface area contributed by atoms with Crippen molar-refractivity contribution in [3.63, 3.8) is 0 Å². The average Bonchev–Trinajstić information content (AvgIpc) is 3.24. The maximum Gasteiger partial charge on any atom is 0.310 e. The maximum absolute atomic E-state index is 13.7. The van der Waals surface area contributed by atoms with E-state index in [0.29, 0.717) is 19.4 Å². The molecule has 29 heavy (non-hydrogen) atoms. The van der Waals surface area contributed by atoms with Crippen molar-refractivity contribution in [3.8, 4) is 0 Å². The molecular formula is C20H29BrN2O6. The second-order valence-electron chi connectivity index (χ2n) is 8.36. The highest BCUT2D eigenvalue weighted by Crippen LogP contribution is 2.60. The molecule has 0 radical (unpaired) electrons. The molecule has 9 heteroatoms. The van der Waals surface area contributed by atoms with E-state index in [1.54, 1.807) is 11.0 Å². The van der Waals surface area contributed by atoms with Crippen molar-refractivity contribution in [1.82, 2.24) is 9.80 Å². The molecule has 3 rings (SSSR count). The van der Waals surface area contributed by atoms with Crippen molar-refractivity contribution in [1.29, 1.82) is 0 Å². The Kier molecular flexibility index (Phi) is 6.13. The Morgan fingerprint density at radius 3 is 2.62 bits per heavy atom. The summed E-state index contributed by atoms with van der Waals surface area (Å²) in [5, 5.41) is 19.7. The van der Waals surface area contributed by atoms with Gasteiger partial charge in [0.25, 0.3) is 0 Å². The number of carboxylic acids is 1. The van der Waals surface area contributed by atoms with Crippen LogP contribution in [0.3, 0.4) is 0 Å². The number of likely N-dealkylation sites (tertiary alicyclic amines) is 1. The lowest BCUT2D eigenvalue weighted by Crippen LogP contribution is -2.59. The van der Waals surface area contributed by atoms with Crippen LogP contribution in [0.15, 0.2) is 12.7 Å². The Balaban J connectivity index is 2.14. The minimum atomic E-state index is -1.22. The fourth-order valence-electron chi connectivity index (χ4n) is 5.29. The number of carboxylic acid groups (broad SMARTS) is 1. The van der Waals surface area contributed by atoms with E-state index < -0.39 is 47.5 Å². The molecule has 0 saturated carbocycles. The van der Waals surface area contributed by atoms with Crippen molar-refractivity contribution in [3.05, 3.63) is 12.7 Å².